The van der Waals surface area contributed by atoms with Crippen LogP contribution in [0.2, 0.25) is 0 Å². The van der Waals surface area contributed by atoms with Crippen LogP contribution in [0, 0.1) is 5.92 Å². The number of carbonyl (C=O) groups excluding carboxylic acids is 1. The molecule has 1 aliphatic heterocycles. The topological polar surface area (TPSA) is 91.9 Å². The average Bonchev–Trinajstić information content (AvgIpc) is 3.12. The maximum Gasteiger partial charge on any atom is 0.224 e. The molecule has 1 fully saturated rings. The first kappa shape index (κ1) is 14.8. The summed E-state index contributed by atoms with van der Waals surface area (Å²) in [6, 6.07) is 9.77. The Bertz CT molecular complexity index is 768. The number of aromatic amines is 1. The predicted octanol–water partition coefficient (Wildman–Crippen LogP) is 1.13. The summed E-state index contributed by atoms with van der Waals surface area (Å²) in [6.07, 6.45) is 2.12. The van der Waals surface area contributed by atoms with E-state index in [0.29, 0.717) is 12.2 Å². The molecule has 3 rings (SSSR count). The molecule has 2 aromatic rings. The lowest BCUT2D eigenvalue weighted by Gasteiger charge is -2.07. The number of benzene rings is 1. The van der Waals surface area contributed by atoms with Crippen molar-refractivity contribution in [2.75, 3.05) is 11.5 Å². The molecule has 1 unspecified atom stereocenters. The van der Waals surface area contributed by atoms with Gasteiger partial charge in [-0.2, -0.15) is 0 Å². The van der Waals surface area contributed by atoms with Crippen LogP contribution in [0.1, 0.15) is 12.2 Å². The van der Waals surface area contributed by atoms with Gasteiger partial charge in [0.25, 0.3) is 0 Å². The number of nitrogens with one attached hydrogen (secondary N) is 2. The van der Waals surface area contributed by atoms with E-state index in [4.69, 9.17) is 0 Å². The van der Waals surface area contributed by atoms with Crippen LogP contribution < -0.4 is 5.32 Å². The fourth-order valence-electron chi connectivity index (χ4n) is 2.53. The minimum absolute atomic E-state index is 0.0494. The first-order valence-corrected chi connectivity index (χ1v) is 8.93. The van der Waals surface area contributed by atoms with E-state index in [9.17, 15) is 13.2 Å². The standard InChI is InChI=1S/C15H17N3O3S/c19-15(12-6-7-22(20,21)10-12)17-9-14-16-8-13(18-14)11-4-2-1-3-5-11/h1-5,8,12H,6-7,9-10H2,(H,16,18)(H,17,19). The van der Waals surface area contributed by atoms with Crippen molar-refractivity contribution in [1.29, 1.82) is 0 Å². The molecule has 1 amide bonds. The molecule has 1 aromatic carbocycles. The summed E-state index contributed by atoms with van der Waals surface area (Å²) in [4.78, 5) is 19.3. The number of rotatable bonds is 4. The zero-order chi connectivity index (χ0) is 15.6. The lowest BCUT2D eigenvalue weighted by Crippen LogP contribution is -2.31. The molecule has 2 heterocycles. The third kappa shape index (κ3) is 3.36. The normalized spacial score (nSPS) is 19.9. The fraction of sp³-hybridized carbons (Fsp3) is 0.333. The predicted molar refractivity (Wildman–Crippen MR) is 82.6 cm³/mol. The van der Waals surface area contributed by atoms with Gasteiger partial charge in [-0.1, -0.05) is 30.3 Å². The Kier molecular flexibility index (Phi) is 3.98. The number of imidazole rings is 1. The highest BCUT2D eigenvalue weighted by molar-refractivity contribution is 7.91. The van der Waals surface area contributed by atoms with Crippen molar-refractivity contribution in [2.24, 2.45) is 5.92 Å². The molecule has 6 nitrogen and oxygen atoms in total. The van der Waals surface area contributed by atoms with Crippen LogP contribution in [0.15, 0.2) is 36.5 Å². The number of sulfone groups is 1. The second kappa shape index (κ2) is 5.92. The molecule has 7 heteroatoms. The van der Waals surface area contributed by atoms with Crippen LogP contribution in [0.3, 0.4) is 0 Å². The van der Waals surface area contributed by atoms with Crippen molar-refractivity contribution >= 4 is 15.7 Å². The van der Waals surface area contributed by atoms with Gasteiger partial charge in [0.05, 0.1) is 35.9 Å². The van der Waals surface area contributed by atoms with Gasteiger partial charge >= 0.3 is 0 Å². The van der Waals surface area contributed by atoms with E-state index in [1.165, 1.54) is 0 Å². The van der Waals surface area contributed by atoms with Gasteiger partial charge in [0.2, 0.25) is 5.91 Å². The van der Waals surface area contributed by atoms with E-state index < -0.39 is 15.8 Å². The van der Waals surface area contributed by atoms with Crippen LogP contribution in [-0.2, 0) is 21.2 Å². The maximum atomic E-state index is 12.0. The number of hydrogen-bond donors (Lipinski definition) is 2. The van der Waals surface area contributed by atoms with Crippen LogP contribution >= 0.6 is 0 Å². The summed E-state index contributed by atoms with van der Waals surface area (Å²) >= 11 is 0. The molecule has 0 radical (unpaired) electrons. The zero-order valence-electron chi connectivity index (χ0n) is 12.0. The third-order valence-corrected chi connectivity index (χ3v) is 5.51. The molecule has 2 N–H and O–H groups in total. The number of nitrogens with zero attached hydrogens (tertiary/aromatic N) is 1. The summed E-state index contributed by atoms with van der Waals surface area (Å²) in [5.74, 6) is 0.0383. The van der Waals surface area contributed by atoms with E-state index in [1.54, 1.807) is 6.20 Å². The number of amides is 1. The Labute approximate surface area is 128 Å². The molecular weight excluding hydrogens is 302 g/mol. The van der Waals surface area contributed by atoms with Crippen molar-refractivity contribution in [2.45, 2.75) is 13.0 Å². The Morgan fingerprint density at radius 3 is 2.77 bits per heavy atom. The van der Waals surface area contributed by atoms with Gasteiger partial charge in [-0.15, -0.1) is 0 Å². The van der Waals surface area contributed by atoms with E-state index in [0.717, 1.165) is 11.3 Å². The first-order valence-electron chi connectivity index (χ1n) is 7.11. The van der Waals surface area contributed by atoms with E-state index in [-0.39, 0.29) is 24.0 Å². The largest absolute Gasteiger partial charge is 0.349 e. The second-order valence-corrected chi connectivity index (χ2v) is 7.66. The summed E-state index contributed by atoms with van der Waals surface area (Å²) in [5.41, 5.74) is 1.91. The average molecular weight is 319 g/mol. The maximum absolute atomic E-state index is 12.0. The van der Waals surface area contributed by atoms with Gasteiger partial charge in [0.15, 0.2) is 9.84 Å². The van der Waals surface area contributed by atoms with Crippen molar-refractivity contribution in [1.82, 2.24) is 15.3 Å². The molecule has 22 heavy (non-hydrogen) atoms. The number of aromatic nitrogens is 2. The lowest BCUT2D eigenvalue weighted by atomic mass is 10.1. The molecule has 0 saturated carbocycles. The molecule has 0 spiro atoms. The van der Waals surface area contributed by atoms with Crippen LogP contribution in [0.4, 0.5) is 0 Å². The van der Waals surface area contributed by atoms with Crippen LogP contribution in [0.5, 0.6) is 0 Å². The first-order chi connectivity index (χ1) is 10.5. The van der Waals surface area contributed by atoms with Gasteiger partial charge in [0, 0.05) is 0 Å². The Hall–Kier alpha value is -2.15. The van der Waals surface area contributed by atoms with Gasteiger partial charge in [0.1, 0.15) is 5.82 Å². The third-order valence-electron chi connectivity index (χ3n) is 3.75. The molecule has 1 saturated heterocycles. The number of hydrogen-bond acceptors (Lipinski definition) is 4. The highest BCUT2D eigenvalue weighted by Crippen LogP contribution is 2.19. The summed E-state index contributed by atoms with van der Waals surface area (Å²) in [6.45, 7) is 0.266. The van der Waals surface area contributed by atoms with E-state index >= 15 is 0 Å². The molecule has 116 valence electrons. The molecule has 0 bridgehead atoms. The highest BCUT2D eigenvalue weighted by atomic mass is 32.2. The minimum Gasteiger partial charge on any atom is -0.349 e. The highest BCUT2D eigenvalue weighted by Gasteiger charge is 2.32. The smallest absolute Gasteiger partial charge is 0.224 e. The van der Waals surface area contributed by atoms with E-state index in [1.807, 2.05) is 30.3 Å². The minimum atomic E-state index is -3.04. The van der Waals surface area contributed by atoms with Crippen molar-refractivity contribution < 1.29 is 13.2 Å². The Balaban J connectivity index is 1.59. The Morgan fingerprint density at radius 1 is 1.32 bits per heavy atom. The van der Waals surface area contributed by atoms with Crippen molar-refractivity contribution in [3.63, 3.8) is 0 Å². The monoisotopic (exact) mass is 319 g/mol. The van der Waals surface area contributed by atoms with Gasteiger partial charge < -0.3 is 10.3 Å². The molecule has 0 aliphatic carbocycles. The summed E-state index contributed by atoms with van der Waals surface area (Å²) < 4.78 is 22.8. The molecule has 1 aliphatic rings. The molecule has 1 aromatic heterocycles. The van der Waals surface area contributed by atoms with Crippen molar-refractivity contribution in [3.8, 4) is 11.3 Å². The number of H-pyrrole nitrogens is 1. The number of carbonyl (C=O) groups is 1. The van der Waals surface area contributed by atoms with Crippen LogP contribution in [0.25, 0.3) is 11.3 Å². The van der Waals surface area contributed by atoms with Gasteiger partial charge in [-0.25, -0.2) is 13.4 Å². The quantitative estimate of drug-likeness (QED) is 0.883. The summed E-state index contributed by atoms with van der Waals surface area (Å²) in [7, 11) is -3.04. The van der Waals surface area contributed by atoms with E-state index in [2.05, 4.69) is 15.3 Å². The van der Waals surface area contributed by atoms with Gasteiger partial charge in [-0.3, -0.25) is 4.79 Å². The fourth-order valence-corrected chi connectivity index (χ4v) is 4.28. The summed E-state index contributed by atoms with van der Waals surface area (Å²) in [5, 5.41) is 2.75. The zero-order valence-corrected chi connectivity index (χ0v) is 12.8. The van der Waals surface area contributed by atoms with Crippen LogP contribution in [-0.4, -0.2) is 35.8 Å². The SMILES string of the molecule is O=C(NCc1ncc(-c2ccccc2)[nH]1)C1CCS(=O)(=O)C1. The second-order valence-electron chi connectivity index (χ2n) is 5.43. The lowest BCUT2D eigenvalue weighted by molar-refractivity contribution is -0.124. The van der Waals surface area contributed by atoms with Crippen molar-refractivity contribution in [3.05, 3.63) is 42.4 Å². The van der Waals surface area contributed by atoms with Gasteiger partial charge in [-0.05, 0) is 12.0 Å². The molecular formula is C15H17N3O3S. The Morgan fingerprint density at radius 2 is 2.09 bits per heavy atom. The molecule has 1 atom stereocenters.